The fourth-order valence-electron chi connectivity index (χ4n) is 5.13. The van der Waals surface area contributed by atoms with Crippen molar-refractivity contribution < 1.29 is 14.3 Å². The number of carbonyl (C=O) groups excluding carboxylic acids is 1. The van der Waals surface area contributed by atoms with E-state index in [9.17, 15) is 4.79 Å². The number of rotatable bonds is 8. The van der Waals surface area contributed by atoms with Gasteiger partial charge >= 0.3 is 5.97 Å². The van der Waals surface area contributed by atoms with Gasteiger partial charge in [0.1, 0.15) is 5.75 Å². The van der Waals surface area contributed by atoms with Crippen molar-refractivity contribution in [2.45, 2.75) is 45.6 Å². The fourth-order valence-corrected chi connectivity index (χ4v) is 5.13. The third kappa shape index (κ3) is 5.33. The lowest BCUT2D eigenvalue weighted by Crippen LogP contribution is -2.49. The summed E-state index contributed by atoms with van der Waals surface area (Å²) in [6, 6.07) is 24.0. The summed E-state index contributed by atoms with van der Waals surface area (Å²) in [5.74, 6) is 1.24. The van der Waals surface area contributed by atoms with Crippen molar-refractivity contribution >= 4 is 17.7 Å². The van der Waals surface area contributed by atoms with Crippen molar-refractivity contribution in [2.24, 2.45) is 5.92 Å². The lowest BCUT2D eigenvalue weighted by Gasteiger charge is -2.48. The smallest absolute Gasteiger partial charge is 0.330 e. The molecule has 0 radical (unpaired) electrons. The van der Waals surface area contributed by atoms with E-state index >= 15 is 0 Å². The molecule has 1 aliphatic heterocycles. The monoisotopic (exact) mass is 483 g/mol. The Balaban J connectivity index is 1.73. The summed E-state index contributed by atoms with van der Waals surface area (Å²) in [6.07, 6.45) is 6.50. The Kier molecular flexibility index (Phi) is 7.83. The second-order valence-corrected chi connectivity index (χ2v) is 10.1. The summed E-state index contributed by atoms with van der Waals surface area (Å²) in [6.45, 7) is 7.77. The number of anilines is 1. The normalized spacial score (nSPS) is 17.3. The second kappa shape index (κ2) is 11.0. The van der Waals surface area contributed by atoms with Gasteiger partial charge in [0.2, 0.25) is 0 Å². The Morgan fingerprint density at radius 2 is 1.75 bits per heavy atom. The highest BCUT2D eigenvalue weighted by molar-refractivity contribution is 5.86. The minimum absolute atomic E-state index is 0.357. The number of hydrogen-bond acceptors (Lipinski definition) is 4. The van der Waals surface area contributed by atoms with Crippen molar-refractivity contribution in [3.8, 4) is 5.75 Å². The zero-order valence-corrected chi connectivity index (χ0v) is 22.1. The van der Waals surface area contributed by atoms with Crippen LogP contribution in [0, 0.1) is 5.92 Å². The first-order valence-corrected chi connectivity index (χ1v) is 12.8. The number of ether oxygens (including phenoxy) is 2. The highest BCUT2D eigenvalue weighted by Gasteiger charge is 2.40. The maximum absolute atomic E-state index is 11.5. The number of benzene rings is 3. The number of methoxy groups -OCH3 is 2. The van der Waals surface area contributed by atoms with Crippen LogP contribution in [-0.4, -0.2) is 26.7 Å². The van der Waals surface area contributed by atoms with Crippen molar-refractivity contribution in [1.82, 2.24) is 0 Å². The molecule has 4 nitrogen and oxygen atoms in total. The van der Waals surface area contributed by atoms with Crippen LogP contribution in [0.5, 0.6) is 5.75 Å². The van der Waals surface area contributed by atoms with Gasteiger partial charge in [-0.25, -0.2) is 4.79 Å². The van der Waals surface area contributed by atoms with E-state index in [0.717, 1.165) is 30.7 Å². The third-order valence-corrected chi connectivity index (χ3v) is 7.33. The predicted molar refractivity (Wildman–Crippen MR) is 148 cm³/mol. The molecule has 1 unspecified atom stereocenters. The Morgan fingerprint density at radius 1 is 1.03 bits per heavy atom. The molecular formula is C32H37NO3. The van der Waals surface area contributed by atoms with E-state index < -0.39 is 0 Å². The first kappa shape index (κ1) is 25.6. The summed E-state index contributed by atoms with van der Waals surface area (Å²) >= 11 is 0. The molecule has 3 aromatic rings. The van der Waals surface area contributed by atoms with Crippen LogP contribution in [0.1, 0.15) is 55.0 Å². The van der Waals surface area contributed by atoms with Crippen LogP contribution in [0.15, 0.2) is 72.8 Å². The minimum atomic E-state index is -0.357. The molecule has 0 spiro atoms. The summed E-state index contributed by atoms with van der Waals surface area (Å²) in [5, 5.41) is 0. The van der Waals surface area contributed by atoms with Crippen LogP contribution >= 0.6 is 0 Å². The van der Waals surface area contributed by atoms with Gasteiger partial charge in [-0.2, -0.15) is 0 Å². The number of aryl methyl sites for hydroxylation is 1. The average molecular weight is 484 g/mol. The van der Waals surface area contributed by atoms with E-state index in [2.05, 4.69) is 92.4 Å². The quantitative estimate of drug-likeness (QED) is 0.261. The summed E-state index contributed by atoms with van der Waals surface area (Å²) in [5.41, 5.74) is 7.02. The second-order valence-electron chi connectivity index (χ2n) is 10.1. The van der Waals surface area contributed by atoms with Crippen LogP contribution in [0.4, 0.5) is 5.69 Å². The molecular weight excluding hydrogens is 446 g/mol. The van der Waals surface area contributed by atoms with E-state index in [0.29, 0.717) is 5.92 Å². The van der Waals surface area contributed by atoms with Crippen molar-refractivity contribution in [2.75, 3.05) is 25.7 Å². The molecule has 188 valence electrons. The molecule has 1 aliphatic rings. The molecule has 0 amide bonds. The Bertz CT molecular complexity index is 1210. The third-order valence-electron chi connectivity index (χ3n) is 7.33. The van der Waals surface area contributed by atoms with Gasteiger partial charge in [0, 0.05) is 18.3 Å². The standard InChI is InChI=1S/C32H37NO3/c1-23(2)6-7-24-10-15-28(16-11-24)33-21-20-26-22-29(35-4)17-18-30(26)32(33,3)27-13-8-25(9-14-27)12-19-31(34)36-5/h8-19,22-23H,6-7,20-21H2,1-5H3/b19-12+. The zero-order valence-electron chi connectivity index (χ0n) is 22.1. The van der Waals surface area contributed by atoms with Gasteiger partial charge in [-0.1, -0.05) is 56.3 Å². The lowest BCUT2D eigenvalue weighted by atomic mass is 9.76. The highest BCUT2D eigenvalue weighted by Crippen LogP contribution is 2.44. The van der Waals surface area contributed by atoms with Crippen LogP contribution in [0.25, 0.3) is 6.08 Å². The van der Waals surface area contributed by atoms with Gasteiger partial charge in [-0.3, -0.25) is 0 Å². The average Bonchev–Trinajstić information content (AvgIpc) is 2.91. The molecule has 36 heavy (non-hydrogen) atoms. The van der Waals surface area contributed by atoms with Crippen LogP contribution < -0.4 is 9.64 Å². The Hall–Kier alpha value is -3.53. The number of fused-ring (bicyclic) bond motifs is 1. The molecule has 0 aromatic heterocycles. The molecule has 0 N–H and O–H groups in total. The van der Waals surface area contributed by atoms with E-state index in [4.69, 9.17) is 9.47 Å². The van der Waals surface area contributed by atoms with Gasteiger partial charge in [-0.15, -0.1) is 0 Å². The van der Waals surface area contributed by atoms with E-state index in [1.807, 2.05) is 0 Å². The molecule has 0 fully saturated rings. The maximum Gasteiger partial charge on any atom is 0.330 e. The summed E-state index contributed by atoms with van der Waals surface area (Å²) < 4.78 is 10.3. The molecule has 0 bridgehead atoms. The van der Waals surface area contributed by atoms with Gasteiger partial charge in [-0.05, 0) is 90.3 Å². The maximum atomic E-state index is 11.5. The number of nitrogens with zero attached hydrogens (tertiary/aromatic N) is 1. The Labute approximate surface area is 215 Å². The zero-order chi connectivity index (χ0) is 25.7. The van der Waals surface area contributed by atoms with Crippen LogP contribution in [0.3, 0.4) is 0 Å². The van der Waals surface area contributed by atoms with Crippen molar-refractivity contribution in [3.63, 3.8) is 0 Å². The predicted octanol–water partition coefficient (Wildman–Crippen LogP) is 6.80. The lowest BCUT2D eigenvalue weighted by molar-refractivity contribution is -0.134. The molecule has 1 atom stereocenters. The first-order valence-electron chi connectivity index (χ1n) is 12.8. The van der Waals surface area contributed by atoms with E-state index in [1.54, 1.807) is 13.2 Å². The van der Waals surface area contributed by atoms with Crippen molar-refractivity contribution in [3.05, 3.63) is 101 Å². The number of carbonyl (C=O) groups is 1. The molecule has 4 rings (SSSR count). The van der Waals surface area contributed by atoms with Crippen LogP contribution in [0.2, 0.25) is 0 Å². The van der Waals surface area contributed by atoms with Gasteiger partial charge in [0.05, 0.1) is 19.8 Å². The molecule has 0 saturated carbocycles. The number of hydrogen-bond donors (Lipinski definition) is 0. The molecule has 3 aromatic carbocycles. The van der Waals surface area contributed by atoms with Gasteiger partial charge in [0.15, 0.2) is 0 Å². The van der Waals surface area contributed by atoms with Gasteiger partial charge < -0.3 is 14.4 Å². The largest absolute Gasteiger partial charge is 0.497 e. The molecule has 0 saturated heterocycles. The number of esters is 1. The Morgan fingerprint density at radius 3 is 2.39 bits per heavy atom. The first-order chi connectivity index (χ1) is 17.3. The minimum Gasteiger partial charge on any atom is -0.497 e. The molecule has 4 heteroatoms. The van der Waals surface area contributed by atoms with Crippen LogP contribution in [-0.2, 0) is 27.9 Å². The fraction of sp³-hybridized carbons (Fsp3) is 0.344. The van der Waals surface area contributed by atoms with E-state index in [1.165, 1.54) is 47.5 Å². The summed E-state index contributed by atoms with van der Waals surface area (Å²) in [4.78, 5) is 14.0. The highest BCUT2D eigenvalue weighted by atomic mass is 16.5. The topological polar surface area (TPSA) is 38.8 Å². The van der Waals surface area contributed by atoms with Gasteiger partial charge in [0.25, 0.3) is 0 Å². The molecule has 0 aliphatic carbocycles. The SMILES string of the molecule is COC(=O)/C=C/c1ccc(C2(C)c3ccc(OC)cc3CCN2c2ccc(CCC(C)C)cc2)cc1. The van der Waals surface area contributed by atoms with E-state index in [-0.39, 0.29) is 11.5 Å². The van der Waals surface area contributed by atoms with Crippen molar-refractivity contribution in [1.29, 1.82) is 0 Å². The molecule has 1 heterocycles. The summed E-state index contributed by atoms with van der Waals surface area (Å²) in [7, 11) is 3.11.